The predicted octanol–water partition coefficient (Wildman–Crippen LogP) is 2.39. The van der Waals surface area contributed by atoms with Crippen LogP contribution >= 0.6 is 0 Å². The molecular formula is C24H35N5O5. The Bertz CT molecular complexity index is 922. The smallest absolute Gasteiger partial charge is 0.270 e. The number of amides is 1. The van der Waals surface area contributed by atoms with Crippen LogP contribution in [0.5, 0.6) is 5.88 Å². The lowest BCUT2D eigenvalue weighted by molar-refractivity contribution is -0.00409. The molecule has 2 fully saturated rings. The Morgan fingerprint density at radius 1 is 1.15 bits per heavy atom. The van der Waals surface area contributed by atoms with Gasteiger partial charge in [-0.25, -0.2) is 9.97 Å². The second kappa shape index (κ2) is 12.2. The number of carbonyl (C=O) groups excluding carboxylic acids is 1. The van der Waals surface area contributed by atoms with Gasteiger partial charge in [0.15, 0.2) is 5.82 Å². The molecule has 0 atom stereocenters. The molecule has 0 spiro atoms. The monoisotopic (exact) mass is 473 g/mol. The number of ether oxygens (including phenoxy) is 4. The zero-order valence-electron chi connectivity index (χ0n) is 20.1. The maximum absolute atomic E-state index is 13.1. The van der Waals surface area contributed by atoms with E-state index in [0.29, 0.717) is 43.1 Å². The fraction of sp³-hybridized carbons (Fsp3) is 0.667. The molecule has 1 N–H and O–H groups in total. The van der Waals surface area contributed by atoms with Crippen molar-refractivity contribution in [2.45, 2.75) is 50.7 Å². The van der Waals surface area contributed by atoms with Crippen molar-refractivity contribution < 1.29 is 23.7 Å². The average Bonchev–Trinajstić information content (AvgIpc) is 3.30. The van der Waals surface area contributed by atoms with Crippen molar-refractivity contribution in [3.63, 3.8) is 0 Å². The van der Waals surface area contributed by atoms with Gasteiger partial charge >= 0.3 is 0 Å². The molecule has 2 aliphatic rings. The number of methoxy groups -OCH3 is 1. The van der Waals surface area contributed by atoms with Gasteiger partial charge in [-0.3, -0.25) is 4.79 Å². The summed E-state index contributed by atoms with van der Waals surface area (Å²) in [6, 6.07) is 1.73. The van der Waals surface area contributed by atoms with Crippen LogP contribution in [0.4, 0.5) is 0 Å². The maximum atomic E-state index is 13.1. The highest BCUT2D eigenvalue weighted by molar-refractivity contribution is 5.93. The van der Waals surface area contributed by atoms with Gasteiger partial charge in [0, 0.05) is 39.5 Å². The minimum atomic E-state index is -0.217. The first kappa shape index (κ1) is 24.6. The minimum Gasteiger partial charge on any atom is -0.477 e. The Balaban J connectivity index is 1.41. The fourth-order valence-electron chi connectivity index (χ4n) is 4.35. The lowest BCUT2D eigenvalue weighted by Crippen LogP contribution is -2.39. The Kier molecular flexibility index (Phi) is 8.84. The SMILES string of the molecule is COCCOC1CCC(NC(=O)c2cc(OCC3CCOCC3)nc(-c3cncn3C)n2)CC1. The number of aryl methyl sites for hydroxylation is 1. The van der Waals surface area contributed by atoms with Gasteiger partial charge in [-0.15, -0.1) is 0 Å². The molecule has 1 aliphatic carbocycles. The van der Waals surface area contributed by atoms with E-state index in [9.17, 15) is 4.79 Å². The van der Waals surface area contributed by atoms with Gasteiger partial charge in [-0.2, -0.15) is 4.98 Å². The third-order valence-electron chi connectivity index (χ3n) is 6.44. The summed E-state index contributed by atoms with van der Waals surface area (Å²) in [6.45, 7) is 3.25. The standard InChI is InChI=1S/C24H35N5O5/c1-29-16-25-14-21(29)23-27-20(13-22(28-23)34-15-17-7-9-32-10-8-17)24(30)26-18-3-5-19(6-4-18)33-12-11-31-2/h13-14,16-19H,3-12,15H2,1-2H3,(H,26,30). The van der Waals surface area contributed by atoms with E-state index in [1.54, 1.807) is 25.7 Å². The second-order valence-corrected chi connectivity index (χ2v) is 8.98. The third kappa shape index (κ3) is 6.74. The van der Waals surface area contributed by atoms with Crippen LogP contribution in [0.25, 0.3) is 11.5 Å². The maximum Gasteiger partial charge on any atom is 0.270 e. The number of aromatic nitrogens is 4. The van der Waals surface area contributed by atoms with Crippen molar-refractivity contribution in [1.82, 2.24) is 24.8 Å². The average molecular weight is 474 g/mol. The summed E-state index contributed by atoms with van der Waals surface area (Å²) in [5, 5.41) is 3.14. The van der Waals surface area contributed by atoms with Crippen molar-refractivity contribution in [3.8, 4) is 17.4 Å². The van der Waals surface area contributed by atoms with Gasteiger partial charge in [-0.1, -0.05) is 0 Å². The Labute approximate surface area is 200 Å². The minimum absolute atomic E-state index is 0.0940. The summed E-state index contributed by atoms with van der Waals surface area (Å²) in [4.78, 5) is 26.4. The van der Waals surface area contributed by atoms with Crippen molar-refractivity contribution in [2.75, 3.05) is 40.1 Å². The van der Waals surface area contributed by atoms with Crippen LogP contribution in [0.15, 0.2) is 18.6 Å². The van der Waals surface area contributed by atoms with E-state index in [4.69, 9.17) is 18.9 Å². The molecule has 10 heteroatoms. The molecule has 0 bridgehead atoms. The number of hydrogen-bond acceptors (Lipinski definition) is 8. The zero-order chi connectivity index (χ0) is 23.8. The van der Waals surface area contributed by atoms with Crippen molar-refractivity contribution in [2.24, 2.45) is 13.0 Å². The van der Waals surface area contributed by atoms with Crippen LogP contribution in [0.3, 0.4) is 0 Å². The topological polar surface area (TPSA) is 110 Å². The molecule has 0 unspecified atom stereocenters. The van der Waals surface area contributed by atoms with Gasteiger partial charge in [0.1, 0.15) is 11.4 Å². The number of carbonyl (C=O) groups is 1. The molecule has 1 aliphatic heterocycles. The normalized spacial score (nSPS) is 21.4. The van der Waals surface area contributed by atoms with E-state index in [0.717, 1.165) is 57.4 Å². The molecule has 1 amide bonds. The van der Waals surface area contributed by atoms with Crippen LogP contribution in [0, 0.1) is 5.92 Å². The van der Waals surface area contributed by atoms with E-state index in [-0.39, 0.29) is 18.1 Å². The van der Waals surface area contributed by atoms with Gasteiger partial charge in [0.05, 0.1) is 38.4 Å². The fourth-order valence-corrected chi connectivity index (χ4v) is 4.35. The number of nitrogens with zero attached hydrogens (tertiary/aromatic N) is 4. The van der Waals surface area contributed by atoms with Gasteiger partial charge in [0.25, 0.3) is 5.91 Å². The lowest BCUT2D eigenvalue weighted by atomic mass is 9.93. The molecule has 3 heterocycles. The summed E-state index contributed by atoms with van der Waals surface area (Å²) >= 11 is 0. The molecule has 0 aromatic carbocycles. The number of nitrogens with one attached hydrogen (secondary N) is 1. The van der Waals surface area contributed by atoms with Crippen molar-refractivity contribution in [1.29, 1.82) is 0 Å². The van der Waals surface area contributed by atoms with Crippen molar-refractivity contribution >= 4 is 5.91 Å². The van der Waals surface area contributed by atoms with E-state index >= 15 is 0 Å². The lowest BCUT2D eigenvalue weighted by Gasteiger charge is -2.29. The van der Waals surface area contributed by atoms with Crippen molar-refractivity contribution in [3.05, 3.63) is 24.3 Å². The molecule has 0 radical (unpaired) electrons. The van der Waals surface area contributed by atoms with Crippen LogP contribution in [-0.4, -0.2) is 77.7 Å². The van der Waals surface area contributed by atoms with Gasteiger partial charge in [0.2, 0.25) is 5.88 Å². The predicted molar refractivity (Wildman–Crippen MR) is 125 cm³/mol. The summed E-state index contributed by atoms with van der Waals surface area (Å²) in [7, 11) is 3.54. The zero-order valence-corrected chi connectivity index (χ0v) is 20.1. The third-order valence-corrected chi connectivity index (χ3v) is 6.44. The molecular weight excluding hydrogens is 438 g/mol. The first-order chi connectivity index (χ1) is 16.6. The summed E-state index contributed by atoms with van der Waals surface area (Å²) in [6.07, 6.45) is 9.09. The van der Waals surface area contributed by atoms with E-state index in [2.05, 4.69) is 20.3 Å². The molecule has 34 heavy (non-hydrogen) atoms. The summed E-state index contributed by atoms with van der Waals surface area (Å²) < 4.78 is 24.2. The van der Waals surface area contributed by atoms with Crippen LogP contribution in [0.2, 0.25) is 0 Å². The van der Waals surface area contributed by atoms with Crippen LogP contribution in [0.1, 0.15) is 49.0 Å². The molecule has 2 aromatic heterocycles. The van der Waals surface area contributed by atoms with Crippen LogP contribution < -0.4 is 10.1 Å². The quantitative estimate of drug-likeness (QED) is 0.524. The first-order valence-corrected chi connectivity index (χ1v) is 12.1. The number of hydrogen-bond donors (Lipinski definition) is 1. The van der Waals surface area contributed by atoms with Gasteiger partial charge < -0.3 is 28.8 Å². The molecule has 10 nitrogen and oxygen atoms in total. The highest BCUT2D eigenvalue weighted by Gasteiger charge is 2.25. The Hall–Kier alpha value is -2.56. The number of rotatable bonds is 10. The summed E-state index contributed by atoms with van der Waals surface area (Å²) in [5.41, 5.74) is 1.02. The Morgan fingerprint density at radius 2 is 1.94 bits per heavy atom. The second-order valence-electron chi connectivity index (χ2n) is 8.98. The summed E-state index contributed by atoms with van der Waals surface area (Å²) in [5.74, 6) is 1.02. The number of imidazole rings is 1. The molecule has 186 valence electrons. The Morgan fingerprint density at radius 3 is 2.65 bits per heavy atom. The molecule has 1 saturated heterocycles. The first-order valence-electron chi connectivity index (χ1n) is 12.1. The largest absolute Gasteiger partial charge is 0.477 e. The molecule has 1 saturated carbocycles. The molecule has 4 rings (SSSR count). The van der Waals surface area contributed by atoms with Crippen LogP contribution in [-0.2, 0) is 21.3 Å². The van der Waals surface area contributed by atoms with E-state index in [1.807, 2.05) is 11.6 Å². The van der Waals surface area contributed by atoms with E-state index < -0.39 is 0 Å². The van der Waals surface area contributed by atoms with Gasteiger partial charge in [-0.05, 0) is 44.4 Å². The molecule has 2 aromatic rings. The van der Waals surface area contributed by atoms with E-state index in [1.165, 1.54) is 0 Å². The highest BCUT2D eigenvalue weighted by atomic mass is 16.5. The highest BCUT2D eigenvalue weighted by Crippen LogP contribution is 2.23.